The van der Waals surface area contributed by atoms with Crippen LogP contribution in [0, 0.1) is 37.6 Å². The average Bonchev–Trinajstić information content (AvgIpc) is 4.24. The zero-order chi connectivity index (χ0) is 45.0. The minimum Gasteiger partial charge on any atom is -0.512 e. The third-order valence-electron chi connectivity index (χ3n) is 12.4. The number of nitrogens with zero attached hydrogens (tertiary/aromatic N) is 8. The molecule has 0 aliphatic carbocycles. The fourth-order valence-electron chi connectivity index (χ4n) is 9.42. The van der Waals surface area contributed by atoms with Gasteiger partial charge in [0, 0.05) is 87.8 Å². The van der Waals surface area contributed by atoms with E-state index in [1.807, 2.05) is 157 Å². The monoisotopic (exact) mass is 1270 g/mol. The fraction of sp³-hybridized carbons (Fsp3) is 0.0357. The molecule has 70 heavy (non-hydrogen) atoms. The van der Waals surface area contributed by atoms with Crippen molar-refractivity contribution in [1.29, 1.82) is 0 Å². The quantitative estimate of drug-likeness (QED) is 0.137. The van der Waals surface area contributed by atoms with Crippen LogP contribution in [0.15, 0.2) is 167 Å². The molecule has 0 bridgehead atoms. The second kappa shape index (κ2) is 17.0. The molecule has 14 rings (SSSR count). The molecule has 6 aromatic heterocycles. The predicted octanol–water partition coefficient (Wildman–Crippen LogP) is 12.8. The Kier molecular flexibility index (Phi) is 10.6. The molecule has 8 heterocycles. The van der Waals surface area contributed by atoms with Crippen LogP contribution in [0.3, 0.4) is 0 Å². The van der Waals surface area contributed by atoms with Crippen LogP contribution in [0.4, 0.5) is 11.4 Å². The molecule has 0 atom stereocenters. The first-order chi connectivity index (χ1) is 33.5. The van der Waals surface area contributed by atoms with Gasteiger partial charge in [0.2, 0.25) is 0 Å². The van der Waals surface area contributed by atoms with Crippen molar-refractivity contribution < 1.29 is 60.4 Å². The van der Waals surface area contributed by atoms with Crippen molar-refractivity contribution >= 4 is 88.1 Å². The van der Waals surface area contributed by atoms with E-state index in [1.165, 1.54) is 0 Å². The van der Waals surface area contributed by atoms with Crippen molar-refractivity contribution in [3.8, 4) is 34.6 Å². The fourth-order valence-corrected chi connectivity index (χ4v) is 9.42. The summed E-state index contributed by atoms with van der Waals surface area (Å²) in [6, 6.07) is 54.2. The van der Waals surface area contributed by atoms with Crippen molar-refractivity contribution in [3.05, 3.63) is 196 Å². The first kappa shape index (κ1) is 43.5. The van der Waals surface area contributed by atoms with Crippen LogP contribution >= 0.6 is 0 Å². The SMILES string of the molecule is CN1C=CN(c2[c-]c(Oc3[c-]c4c(cc3)c3c(c5ccc(Oc6[c-]c(N7C=CN(C)[CH-]7)cc7c6oc6ccccc67)[c-]c5n3-c3ccccn3)n4-c3ccccn3)c3oc4ccccc4c3c2)[CH-]1.[Pt].[Pt]. The summed E-state index contributed by atoms with van der Waals surface area (Å²) in [5.41, 5.74) is 7.60. The first-order valence-corrected chi connectivity index (χ1v) is 22.0. The average molecular weight is 1270 g/mol. The summed E-state index contributed by atoms with van der Waals surface area (Å²) < 4.78 is 30.8. The van der Waals surface area contributed by atoms with E-state index in [0.29, 0.717) is 45.8 Å². The minimum absolute atomic E-state index is 0. The van der Waals surface area contributed by atoms with E-state index in [4.69, 9.17) is 28.3 Å². The number of hydrogen-bond acceptors (Lipinski definition) is 10. The van der Waals surface area contributed by atoms with Gasteiger partial charge in [0.1, 0.15) is 22.8 Å². The number of para-hydroxylation sites is 2. The Morgan fingerprint density at radius 1 is 0.471 bits per heavy atom. The van der Waals surface area contributed by atoms with Crippen LogP contribution in [0.25, 0.3) is 88.4 Å². The van der Waals surface area contributed by atoms with Gasteiger partial charge in [-0.3, -0.25) is 0 Å². The Morgan fingerprint density at radius 3 is 1.33 bits per heavy atom. The second-order valence-electron chi connectivity index (χ2n) is 16.7. The third kappa shape index (κ3) is 6.96. The predicted molar refractivity (Wildman–Crippen MR) is 263 cm³/mol. The summed E-state index contributed by atoms with van der Waals surface area (Å²) in [5.74, 6) is 3.24. The number of aromatic nitrogens is 4. The van der Waals surface area contributed by atoms with Crippen molar-refractivity contribution in [3.63, 3.8) is 0 Å². The van der Waals surface area contributed by atoms with E-state index in [-0.39, 0.29) is 42.1 Å². The van der Waals surface area contributed by atoms with Gasteiger partial charge >= 0.3 is 0 Å². The number of anilines is 2. The molecular weight excluding hydrogens is 1240 g/mol. The minimum atomic E-state index is 0. The summed E-state index contributed by atoms with van der Waals surface area (Å²) in [6.45, 7) is 3.97. The first-order valence-electron chi connectivity index (χ1n) is 22.0. The molecule has 12 nitrogen and oxygen atoms in total. The normalized spacial score (nSPS) is 13.6. The molecule has 0 N–H and O–H groups in total. The van der Waals surface area contributed by atoms with Gasteiger partial charge in [0.05, 0.1) is 22.7 Å². The maximum Gasteiger partial charge on any atom is 0.134 e. The smallest absolute Gasteiger partial charge is 0.134 e. The standard InChI is InChI=1S/C56H34N8O4.2Pt/c1-59-23-25-61(33-59)35-27-43-39-11-3-5-13-47(39)67-55(43)49(29-35)65-37-17-19-41-45(31-37)63(51-15-7-9-21-57-51)54-42-20-18-38(32-46(42)64(53(41)54)52-16-8-10-22-58-52)66-50-30-36(62-26-24-60(2)34-62)28-44-40-12-4-6-14-48(40)68-56(44)50;;/h3-28,33-34H,1-2H3;;/q-6;;. The molecule has 12 aromatic rings. The Bertz CT molecular complexity index is 3800. The van der Waals surface area contributed by atoms with Crippen LogP contribution in [-0.4, -0.2) is 43.0 Å². The summed E-state index contributed by atoms with van der Waals surface area (Å²) in [5, 5.41) is 5.60. The van der Waals surface area contributed by atoms with E-state index >= 15 is 0 Å². The molecule has 0 fully saturated rings. The number of ether oxygens (including phenoxy) is 2. The van der Waals surface area contributed by atoms with Crippen molar-refractivity contribution in [2.75, 3.05) is 23.9 Å². The number of rotatable bonds is 8. The molecule has 0 saturated heterocycles. The molecule has 0 radical (unpaired) electrons. The molecule has 2 aliphatic heterocycles. The number of pyridine rings is 2. The molecule has 14 heteroatoms. The van der Waals surface area contributed by atoms with Gasteiger partial charge in [0.15, 0.2) is 0 Å². The Labute approximate surface area is 429 Å². The largest absolute Gasteiger partial charge is 0.512 e. The number of fused-ring (bicyclic) bond motifs is 11. The van der Waals surface area contributed by atoms with Gasteiger partial charge in [-0.15, -0.1) is 59.9 Å². The second-order valence-corrected chi connectivity index (χ2v) is 16.7. The van der Waals surface area contributed by atoms with E-state index in [9.17, 15) is 0 Å². The zero-order valence-electron chi connectivity index (χ0n) is 37.0. The molecular formula is C56H34N8O4Pt2-6. The molecule has 0 unspecified atom stereocenters. The molecule has 0 spiro atoms. The molecule has 0 saturated carbocycles. The van der Waals surface area contributed by atoms with Gasteiger partial charge in [-0.1, -0.05) is 81.1 Å². The van der Waals surface area contributed by atoms with E-state index in [2.05, 4.69) is 69.8 Å². The van der Waals surface area contributed by atoms with Crippen LogP contribution in [0.5, 0.6) is 23.0 Å². The molecule has 6 aromatic carbocycles. The molecule has 348 valence electrons. The molecule has 2 aliphatic rings. The maximum atomic E-state index is 6.81. The van der Waals surface area contributed by atoms with Gasteiger partial charge in [-0.05, 0) is 75.3 Å². The zero-order valence-corrected chi connectivity index (χ0v) is 41.6. The van der Waals surface area contributed by atoms with Crippen LogP contribution in [0.2, 0.25) is 0 Å². The van der Waals surface area contributed by atoms with Gasteiger partial charge in [-0.2, -0.15) is 25.5 Å². The van der Waals surface area contributed by atoms with Crippen LogP contribution in [0.1, 0.15) is 0 Å². The van der Waals surface area contributed by atoms with Crippen LogP contribution in [-0.2, 0) is 42.1 Å². The Balaban J connectivity index is 0.00000252. The van der Waals surface area contributed by atoms with Gasteiger partial charge in [-0.25, -0.2) is 9.97 Å². The van der Waals surface area contributed by atoms with Gasteiger partial charge in [0.25, 0.3) is 0 Å². The van der Waals surface area contributed by atoms with Crippen molar-refractivity contribution in [2.24, 2.45) is 0 Å². The van der Waals surface area contributed by atoms with Gasteiger partial charge < -0.3 is 47.0 Å². The maximum absolute atomic E-state index is 6.81. The van der Waals surface area contributed by atoms with Crippen molar-refractivity contribution in [1.82, 2.24) is 28.9 Å². The Morgan fingerprint density at radius 2 is 0.914 bits per heavy atom. The number of furan rings is 2. The summed E-state index contributed by atoms with van der Waals surface area (Å²) >= 11 is 0. The summed E-state index contributed by atoms with van der Waals surface area (Å²) in [6.07, 6.45) is 11.5. The van der Waals surface area contributed by atoms with E-state index < -0.39 is 0 Å². The van der Waals surface area contributed by atoms with E-state index in [1.54, 1.807) is 12.4 Å². The third-order valence-corrected chi connectivity index (χ3v) is 12.4. The number of benzene rings is 6. The Hall–Kier alpha value is -7.78. The van der Waals surface area contributed by atoms with Crippen LogP contribution < -0.4 is 19.3 Å². The van der Waals surface area contributed by atoms with Crippen molar-refractivity contribution in [2.45, 2.75) is 0 Å². The summed E-state index contributed by atoms with van der Waals surface area (Å²) in [4.78, 5) is 17.8. The summed E-state index contributed by atoms with van der Waals surface area (Å²) in [7, 11) is 3.97. The van der Waals surface area contributed by atoms with E-state index in [0.717, 1.165) is 76.9 Å². The topological polar surface area (TPSA) is 93.3 Å². The molecule has 0 amide bonds. The number of hydrogen-bond donors (Lipinski definition) is 0.